The van der Waals surface area contributed by atoms with Gasteiger partial charge in [-0.25, -0.2) is 0 Å². The van der Waals surface area contributed by atoms with Gasteiger partial charge in [-0.3, -0.25) is 4.79 Å². The number of hydrogen-bond donors (Lipinski definition) is 2. The quantitative estimate of drug-likeness (QED) is 0.822. The molecule has 0 aromatic heterocycles. The molecule has 2 aromatic carbocycles. The number of halogens is 1. The summed E-state index contributed by atoms with van der Waals surface area (Å²) in [6.07, 6.45) is 0. The average molecular weight is 342 g/mol. The molecule has 0 aliphatic carbocycles. The van der Waals surface area contributed by atoms with Crippen LogP contribution in [-0.2, 0) is 4.79 Å². The van der Waals surface area contributed by atoms with Gasteiger partial charge in [0.25, 0.3) is 0 Å². The Morgan fingerprint density at radius 1 is 1.08 bits per heavy atom. The van der Waals surface area contributed by atoms with Crippen molar-refractivity contribution in [2.24, 2.45) is 0 Å². The Balaban J connectivity index is 1.99. The molecule has 0 aliphatic heterocycles. The molecule has 124 valence electrons. The number of amides is 1. The van der Waals surface area contributed by atoms with Crippen LogP contribution in [0.25, 0.3) is 0 Å². The summed E-state index contributed by atoms with van der Waals surface area (Å²) in [4.78, 5) is 12.3. The molecule has 4 nitrogen and oxygen atoms in total. The summed E-state index contributed by atoms with van der Waals surface area (Å²) in [5, 5.41) is 15.1. The van der Waals surface area contributed by atoms with Crippen molar-refractivity contribution in [2.45, 2.75) is 32.7 Å². The monoisotopic (exact) mass is 341 g/mol. The molecular formula is C19H20ClN3O. The first-order valence-corrected chi connectivity index (χ1v) is 8.15. The van der Waals surface area contributed by atoms with Crippen LogP contribution in [0.2, 0.25) is 5.02 Å². The van der Waals surface area contributed by atoms with Crippen LogP contribution >= 0.6 is 11.6 Å². The Labute approximate surface area is 147 Å². The highest BCUT2D eigenvalue weighted by Gasteiger charge is 2.13. The SMILES string of the molecule is CC(Nc1ccc(C(C)C)cc1)C(=O)Nc1ccc(C#N)c(Cl)c1. The fraction of sp³-hybridized carbons (Fsp3) is 0.263. The average Bonchev–Trinajstić information content (AvgIpc) is 2.55. The van der Waals surface area contributed by atoms with E-state index < -0.39 is 6.04 Å². The third kappa shape index (κ3) is 4.50. The van der Waals surface area contributed by atoms with Crippen molar-refractivity contribution in [3.05, 3.63) is 58.6 Å². The Hall–Kier alpha value is -2.51. The third-order valence-corrected chi connectivity index (χ3v) is 4.02. The molecule has 0 bridgehead atoms. The zero-order chi connectivity index (χ0) is 17.7. The number of carbonyl (C=O) groups is 1. The number of nitrogens with zero attached hydrogens (tertiary/aromatic N) is 1. The van der Waals surface area contributed by atoms with E-state index in [1.807, 2.05) is 18.2 Å². The Kier molecular flexibility index (Phi) is 5.83. The first kappa shape index (κ1) is 17.8. The Morgan fingerprint density at radius 3 is 2.25 bits per heavy atom. The minimum absolute atomic E-state index is 0.177. The van der Waals surface area contributed by atoms with Gasteiger partial charge in [0, 0.05) is 11.4 Å². The maximum Gasteiger partial charge on any atom is 0.246 e. The molecule has 2 N–H and O–H groups in total. The molecule has 5 heteroatoms. The maximum absolute atomic E-state index is 12.3. The van der Waals surface area contributed by atoms with Gasteiger partial charge in [-0.05, 0) is 48.7 Å². The molecule has 1 unspecified atom stereocenters. The van der Waals surface area contributed by atoms with E-state index in [1.165, 1.54) is 5.56 Å². The van der Waals surface area contributed by atoms with E-state index in [0.29, 0.717) is 22.2 Å². The van der Waals surface area contributed by atoms with Crippen molar-refractivity contribution in [1.82, 2.24) is 0 Å². The molecule has 0 spiro atoms. The molecule has 1 amide bonds. The van der Waals surface area contributed by atoms with Crippen LogP contribution in [0.5, 0.6) is 0 Å². The molecule has 24 heavy (non-hydrogen) atoms. The molecule has 0 saturated heterocycles. The highest BCUT2D eigenvalue weighted by molar-refractivity contribution is 6.32. The predicted molar refractivity (Wildman–Crippen MR) is 98.4 cm³/mol. The Bertz CT molecular complexity index is 763. The van der Waals surface area contributed by atoms with E-state index in [-0.39, 0.29) is 5.91 Å². The van der Waals surface area contributed by atoms with Crippen LogP contribution < -0.4 is 10.6 Å². The van der Waals surface area contributed by atoms with Crippen LogP contribution in [0.15, 0.2) is 42.5 Å². The van der Waals surface area contributed by atoms with Crippen LogP contribution in [-0.4, -0.2) is 11.9 Å². The lowest BCUT2D eigenvalue weighted by Crippen LogP contribution is -2.31. The highest BCUT2D eigenvalue weighted by atomic mass is 35.5. The summed E-state index contributed by atoms with van der Waals surface area (Å²) in [7, 11) is 0. The molecular weight excluding hydrogens is 322 g/mol. The second-order valence-electron chi connectivity index (χ2n) is 5.94. The van der Waals surface area contributed by atoms with Crippen LogP contribution in [0.1, 0.15) is 37.8 Å². The van der Waals surface area contributed by atoms with Crippen molar-refractivity contribution in [2.75, 3.05) is 10.6 Å². The number of anilines is 2. The van der Waals surface area contributed by atoms with Crippen molar-refractivity contribution in [3.8, 4) is 6.07 Å². The summed E-state index contributed by atoms with van der Waals surface area (Å²) >= 11 is 5.97. The number of hydrogen-bond acceptors (Lipinski definition) is 3. The number of nitriles is 1. The Morgan fingerprint density at radius 2 is 1.71 bits per heavy atom. The lowest BCUT2D eigenvalue weighted by atomic mass is 10.0. The lowest BCUT2D eigenvalue weighted by molar-refractivity contribution is -0.116. The van der Waals surface area contributed by atoms with Gasteiger partial charge < -0.3 is 10.6 Å². The number of rotatable bonds is 5. The van der Waals surface area contributed by atoms with Gasteiger partial charge in [0.2, 0.25) is 5.91 Å². The van der Waals surface area contributed by atoms with Gasteiger partial charge in [0.15, 0.2) is 0 Å². The molecule has 2 aromatic rings. The fourth-order valence-corrected chi connectivity index (χ4v) is 2.44. The van der Waals surface area contributed by atoms with Gasteiger partial charge in [0.1, 0.15) is 12.1 Å². The van der Waals surface area contributed by atoms with Gasteiger partial charge in [-0.1, -0.05) is 37.6 Å². The van der Waals surface area contributed by atoms with Gasteiger partial charge in [-0.15, -0.1) is 0 Å². The van der Waals surface area contributed by atoms with E-state index in [2.05, 4.69) is 36.6 Å². The third-order valence-electron chi connectivity index (χ3n) is 3.71. The number of nitrogens with one attached hydrogen (secondary N) is 2. The predicted octanol–water partition coefficient (Wildman–Crippen LogP) is 4.77. The molecule has 0 aliphatic rings. The van der Waals surface area contributed by atoms with Crippen molar-refractivity contribution < 1.29 is 4.79 Å². The highest BCUT2D eigenvalue weighted by Crippen LogP contribution is 2.21. The van der Waals surface area contributed by atoms with E-state index in [9.17, 15) is 4.79 Å². The van der Waals surface area contributed by atoms with Crippen LogP contribution in [0.4, 0.5) is 11.4 Å². The maximum atomic E-state index is 12.3. The van der Waals surface area contributed by atoms with Gasteiger partial charge >= 0.3 is 0 Å². The van der Waals surface area contributed by atoms with Crippen molar-refractivity contribution >= 4 is 28.9 Å². The normalized spacial score (nSPS) is 11.7. The zero-order valence-electron chi connectivity index (χ0n) is 13.9. The first-order chi connectivity index (χ1) is 11.4. The largest absolute Gasteiger partial charge is 0.374 e. The smallest absolute Gasteiger partial charge is 0.246 e. The van der Waals surface area contributed by atoms with E-state index >= 15 is 0 Å². The van der Waals surface area contributed by atoms with Gasteiger partial charge in [0.05, 0.1) is 10.6 Å². The number of benzene rings is 2. The number of carbonyl (C=O) groups excluding carboxylic acids is 1. The second-order valence-corrected chi connectivity index (χ2v) is 6.35. The minimum atomic E-state index is -0.413. The zero-order valence-corrected chi connectivity index (χ0v) is 14.7. The van der Waals surface area contributed by atoms with Crippen molar-refractivity contribution in [1.29, 1.82) is 5.26 Å². The van der Waals surface area contributed by atoms with E-state index in [1.54, 1.807) is 25.1 Å². The summed E-state index contributed by atoms with van der Waals surface area (Å²) in [6, 6.07) is 14.4. The van der Waals surface area contributed by atoms with Crippen molar-refractivity contribution in [3.63, 3.8) is 0 Å². The second kappa shape index (κ2) is 7.85. The van der Waals surface area contributed by atoms with Crippen LogP contribution in [0.3, 0.4) is 0 Å². The summed E-state index contributed by atoms with van der Waals surface area (Å²) in [5.41, 5.74) is 3.09. The summed E-state index contributed by atoms with van der Waals surface area (Å²) in [5.74, 6) is 0.296. The summed E-state index contributed by atoms with van der Waals surface area (Å²) < 4.78 is 0. The molecule has 1 atom stereocenters. The van der Waals surface area contributed by atoms with E-state index in [0.717, 1.165) is 5.69 Å². The first-order valence-electron chi connectivity index (χ1n) is 7.77. The molecule has 0 heterocycles. The standard InChI is InChI=1S/C19H20ClN3O/c1-12(2)14-4-7-16(8-5-14)22-13(3)19(24)23-17-9-6-15(11-21)18(20)10-17/h4-10,12-13,22H,1-3H3,(H,23,24). The lowest BCUT2D eigenvalue weighted by Gasteiger charge is -2.16. The van der Waals surface area contributed by atoms with Gasteiger partial charge in [-0.2, -0.15) is 5.26 Å². The minimum Gasteiger partial charge on any atom is -0.374 e. The fourth-order valence-electron chi connectivity index (χ4n) is 2.21. The molecule has 0 radical (unpaired) electrons. The van der Waals surface area contributed by atoms with Crippen LogP contribution in [0, 0.1) is 11.3 Å². The molecule has 0 fully saturated rings. The summed E-state index contributed by atoms with van der Waals surface area (Å²) in [6.45, 7) is 6.07. The van der Waals surface area contributed by atoms with E-state index in [4.69, 9.17) is 16.9 Å². The molecule has 2 rings (SSSR count). The molecule has 0 saturated carbocycles. The topological polar surface area (TPSA) is 64.9 Å².